The number of carbonyl (C=O) groups is 1. The lowest BCUT2D eigenvalue weighted by atomic mass is 9.96. The van der Waals surface area contributed by atoms with Gasteiger partial charge in [-0.2, -0.15) is 0 Å². The number of amides is 1. The summed E-state index contributed by atoms with van der Waals surface area (Å²) in [6, 6.07) is 7.48. The Hall–Kier alpha value is -1.44. The Balaban J connectivity index is 2.06. The molecule has 6 nitrogen and oxygen atoms in total. The number of carbonyl (C=O) groups excluding carboxylic acids is 1. The van der Waals surface area contributed by atoms with Crippen LogP contribution >= 0.6 is 0 Å². The fourth-order valence-electron chi connectivity index (χ4n) is 3.43. The van der Waals surface area contributed by atoms with E-state index in [1.165, 1.54) is 11.1 Å². The Morgan fingerprint density at radius 1 is 1.36 bits per heavy atom. The minimum absolute atomic E-state index is 0.0466. The molecular weight excluding hydrogens is 340 g/mol. The Bertz CT molecular complexity index is 690. The van der Waals surface area contributed by atoms with Crippen LogP contribution in [0, 0.1) is 6.92 Å². The molecule has 2 rings (SSSR count). The lowest BCUT2D eigenvalue weighted by molar-refractivity contribution is -0.137. The number of aryl methyl sites for hydroxylation is 2. The summed E-state index contributed by atoms with van der Waals surface area (Å²) in [5, 5.41) is 0. The minimum Gasteiger partial charge on any atom is -0.382 e. The highest BCUT2D eigenvalue weighted by Gasteiger charge is 2.35. The van der Waals surface area contributed by atoms with Crippen molar-refractivity contribution in [1.82, 2.24) is 9.62 Å². The van der Waals surface area contributed by atoms with Gasteiger partial charge in [0, 0.05) is 26.1 Å². The van der Waals surface area contributed by atoms with Crippen LogP contribution in [0.4, 0.5) is 0 Å². The molecule has 1 N–H and O–H groups in total. The maximum absolute atomic E-state index is 12.8. The van der Waals surface area contributed by atoms with Gasteiger partial charge in [0.25, 0.3) is 0 Å². The molecule has 1 aromatic rings. The van der Waals surface area contributed by atoms with Gasteiger partial charge in [0.2, 0.25) is 15.9 Å². The highest BCUT2D eigenvalue weighted by atomic mass is 32.2. The third-order valence-corrected chi connectivity index (χ3v) is 5.40. The number of hydrogen-bond acceptors (Lipinski definition) is 4. The predicted octanol–water partition coefficient (Wildman–Crippen LogP) is 1.48. The molecule has 0 radical (unpaired) electrons. The molecule has 1 heterocycles. The maximum Gasteiger partial charge on any atom is 0.223 e. The molecular formula is C18H28N2O4S. The maximum atomic E-state index is 12.8. The second-order valence-electron chi connectivity index (χ2n) is 6.68. The van der Waals surface area contributed by atoms with E-state index < -0.39 is 10.0 Å². The largest absolute Gasteiger partial charge is 0.382 e. The van der Waals surface area contributed by atoms with Crippen molar-refractivity contribution >= 4 is 15.9 Å². The van der Waals surface area contributed by atoms with Gasteiger partial charge in [-0.25, -0.2) is 13.1 Å². The lowest BCUT2D eigenvalue weighted by Gasteiger charge is -2.41. The number of ether oxygens (including phenoxy) is 1. The monoisotopic (exact) mass is 368 g/mol. The molecule has 1 aliphatic rings. The van der Waals surface area contributed by atoms with Gasteiger partial charge in [-0.15, -0.1) is 0 Å². The fourth-order valence-corrected chi connectivity index (χ4v) is 4.26. The quantitative estimate of drug-likeness (QED) is 0.791. The molecule has 0 aliphatic carbocycles. The van der Waals surface area contributed by atoms with Crippen LogP contribution in [0.5, 0.6) is 0 Å². The molecule has 1 unspecified atom stereocenters. The van der Waals surface area contributed by atoms with Crippen LogP contribution in [-0.4, -0.2) is 57.8 Å². The zero-order valence-electron chi connectivity index (χ0n) is 15.2. The van der Waals surface area contributed by atoms with Crippen LogP contribution in [0.2, 0.25) is 0 Å². The highest BCUT2D eigenvalue weighted by molar-refractivity contribution is 7.88. The molecule has 2 atom stereocenters. The van der Waals surface area contributed by atoms with Crippen LogP contribution in [0.3, 0.4) is 0 Å². The number of nitrogens with zero attached hydrogens (tertiary/aromatic N) is 1. The summed E-state index contributed by atoms with van der Waals surface area (Å²) in [5.74, 6) is 0.0466. The van der Waals surface area contributed by atoms with Crippen molar-refractivity contribution in [2.75, 3.05) is 26.5 Å². The molecule has 0 spiro atoms. The van der Waals surface area contributed by atoms with E-state index in [1.54, 1.807) is 12.0 Å². The summed E-state index contributed by atoms with van der Waals surface area (Å²) in [6.45, 7) is 3.01. The standard InChI is InChI=1S/C18H28N2O4S/c1-14-7-4-5-8-15(14)10-11-18(21)20-12-6-9-16(17(20)13-24-2)19-25(3,22)23/h4-5,7-8,16-17,19H,6,9-13H2,1-3H3/t16?,17-/m0/s1. The van der Waals surface area contributed by atoms with Crippen LogP contribution in [0.1, 0.15) is 30.4 Å². The second-order valence-corrected chi connectivity index (χ2v) is 8.46. The van der Waals surface area contributed by atoms with Gasteiger partial charge in [-0.1, -0.05) is 24.3 Å². The summed E-state index contributed by atoms with van der Waals surface area (Å²) in [7, 11) is -1.76. The second kappa shape index (κ2) is 8.78. The topological polar surface area (TPSA) is 75.7 Å². The summed E-state index contributed by atoms with van der Waals surface area (Å²) in [4.78, 5) is 14.6. The number of rotatable bonds is 7. The average Bonchev–Trinajstić information content (AvgIpc) is 2.54. The van der Waals surface area contributed by atoms with Crippen LogP contribution in [0.15, 0.2) is 24.3 Å². The normalized spacial score (nSPS) is 21.3. The van der Waals surface area contributed by atoms with E-state index in [9.17, 15) is 13.2 Å². The minimum atomic E-state index is -3.33. The van der Waals surface area contributed by atoms with Crippen molar-refractivity contribution in [3.8, 4) is 0 Å². The fraction of sp³-hybridized carbons (Fsp3) is 0.611. The molecule has 7 heteroatoms. The van der Waals surface area contributed by atoms with E-state index >= 15 is 0 Å². The van der Waals surface area contributed by atoms with E-state index in [0.29, 0.717) is 32.4 Å². The SMILES string of the molecule is COC[C@H]1C(NS(C)(=O)=O)CCCN1C(=O)CCc1ccccc1C. The van der Waals surface area contributed by atoms with Gasteiger partial charge >= 0.3 is 0 Å². The van der Waals surface area contributed by atoms with Crippen molar-refractivity contribution in [2.45, 2.75) is 44.7 Å². The first-order valence-electron chi connectivity index (χ1n) is 8.62. The van der Waals surface area contributed by atoms with E-state index in [2.05, 4.69) is 4.72 Å². The molecule has 1 amide bonds. The van der Waals surface area contributed by atoms with E-state index in [1.807, 2.05) is 31.2 Å². The van der Waals surface area contributed by atoms with Gasteiger partial charge in [-0.3, -0.25) is 4.79 Å². The van der Waals surface area contributed by atoms with Gasteiger partial charge in [0.1, 0.15) is 0 Å². The van der Waals surface area contributed by atoms with E-state index in [-0.39, 0.29) is 18.0 Å². The smallest absolute Gasteiger partial charge is 0.223 e. The first-order chi connectivity index (χ1) is 11.8. The molecule has 25 heavy (non-hydrogen) atoms. The number of benzene rings is 1. The van der Waals surface area contributed by atoms with Gasteiger partial charge in [0.05, 0.1) is 18.9 Å². The molecule has 1 aliphatic heterocycles. The zero-order chi connectivity index (χ0) is 18.4. The van der Waals surface area contributed by atoms with E-state index in [4.69, 9.17) is 4.74 Å². The van der Waals surface area contributed by atoms with Crippen molar-refractivity contribution in [2.24, 2.45) is 0 Å². The first-order valence-corrected chi connectivity index (χ1v) is 10.5. The zero-order valence-corrected chi connectivity index (χ0v) is 16.0. The summed E-state index contributed by atoms with van der Waals surface area (Å²) in [5.41, 5.74) is 2.35. The Morgan fingerprint density at radius 2 is 2.08 bits per heavy atom. The van der Waals surface area contributed by atoms with Gasteiger partial charge in [-0.05, 0) is 37.3 Å². The number of piperidine rings is 1. The summed E-state index contributed by atoms with van der Waals surface area (Å²) in [6.07, 6.45) is 3.74. The number of hydrogen-bond donors (Lipinski definition) is 1. The first kappa shape index (κ1) is 19.9. The van der Waals surface area contributed by atoms with Crippen LogP contribution < -0.4 is 4.72 Å². The number of methoxy groups -OCH3 is 1. The summed E-state index contributed by atoms with van der Waals surface area (Å²) < 4.78 is 31.2. The third-order valence-electron chi connectivity index (χ3n) is 4.67. The third kappa shape index (κ3) is 5.80. The number of nitrogens with one attached hydrogen (secondary N) is 1. The van der Waals surface area contributed by atoms with Crippen molar-refractivity contribution in [3.05, 3.63) is 35.4 Å². The van der Waals surface area contributed by atoms with Crippen LogP contribution in [-0.2, 0) is 26.0 Å². The van der Waals surface area contributed by atoms with Gasteiger partial charge < -0.3 is 9.64 Å². The van der Waals surface area contributed by atoms with Crippen molar-refractivity contribution < 1.29 is 17.9 Å². The van der Waals surface area contributed by atoms with Crippen molar-refractivity contribution in [1.29, 1.82) is 0 Å². The molecule has 0 bridgehead atoms. The van der Waals surface area contributed by atoms with Crippen LogP contribution in [0.25, 0.3) is 0 Å². The molecule has 1 aromatic carbocycles. The lowest BCUT2D eigenvalue weighted by Crippen LogP contribution is -2.58. The molecule has 0 saturated carbocycles. The predicted molar refractivity (Wildman–Crippen MR) is 97.9 cm³/mol. The molecule has 0 aromatic heterocycles. The molecule has 1 fully saturated rings. The number of sulfonamides is 1. The number of likely N-dealkylation sites (tertiary alicyclic amines) is 1. The van der Waals surface area contributed by atoms with E-state index in [0.717, 1.165) is 12.7 Å². The highest BCUT2D eigenvalue weighted by Crippen LogP contribution is 2.21. The average molecular weight is 368 g/mol. The Morgan fingerprint density at radius 3 is 2.72 bits per heavy atom. The molecule has 1 saturated heterocycles. The van der Waals surface area contributed by atoms with Gasteiger partial charge in [0.15, 0.2) is 0 Å². The summed E-state index contributed by atoms with van der Waals surface area (Å²) >= 11 is 0. The molecule has 140 valence electrons. The Kier molecular flexibility index (Phi) is 6.98. The Labute approximate surface area is 150 Å². The van der Waals surface area contributed by atoms with Crippen molar-refractivity contribution in [3.63, 3.8) is 0 Å².